The molecule has 0 atom stereocenters. The van der Waals surface area contributed by atoms with E-state index >= 15 is 0 Å². The van der Waals surface area contributed by atoms with Gasteiger partial charge in [-0.25, -0.2) is 4.39 Å². The highest BCUT2D eigenvalue weighted by Gasteiger charge is 2.58. The Morgan fingerprint density at radius 2 is 1.62 bits per heavy atom. The van der Waals surface area contributed by atoms with E-state index in [2.05, 4.69) is 0 Å². The lowest BCUT2D eigenvalue weighted by atomic mass is 10.1. The molecule has 1 N–H and O–H groups in total. The fourth-order valence-corrected chi connectivity index (χ4v) is 3.02. The molecule has 0 bridgehead atoms. The van der Waals surface area contributed by atoms with Gasteiger partial charge in [0.15, 0.2) is 0 Å². The SMILES string of the molecule is O=C(Cc1ccccc1F)N1CCN(C(=O)C2(C(=O)O)CC2)CC1. The molecule has 7 heteroatoms. The number of hydrogen-bond acceptors (Lipinski definition) is 3. The van der Waals surface area contributed by atoms with Crippen molar-refractivity contribution in [3.8, 4) is 0 Å². The van der Waals surface area contributed by atoms with Crippen molar-refractivity contribution in [1.29, 1.82) is 0 Å². The summed E-state index contributed by atoms with van der Waals surface area (Å²) in [6.45, 7) is 1.32. The maximum absolute atomic E-state index is 13.6. The Morgan fingerprint density at radius 1 is 1.04 bits per heavy atom. The number of nitrogens with zero attached hydrogens (tertiary/aromatic N) is 2. The van der Waals surface area contributed by atoms with Crippen molar-refractivity contribution in [2.45, 2.75) is 19.3 Å². The van der Waals surface area contributed by atoms with Crippen molar-refractivity contribution in [2.24, 2.45) is 5.41 Å². The number of piperazine rings is 1. The van der Waals surface area contributed by atoms with E-state index in [9.17, 15) is 23.9 Å². The number of rotatable bonds is 4. The largest absolute Gasteiger partial charge is 0.480 e. The first-order chi connectivity index (χ1) is 11.4. The number of amides is 2. The summed E-state index contributed by atoms with van der Waals surface area (Å²) in [4.78, 5) is 38.9. The molecule has 6 nitrogen and oxygen atoms in total. The van der Waals surface area contributed by atoms with Crippen molar-refractivity contribution in [3.63, 3.8) is 0 Å². The van der Waals surface area contributed by atoms with Crippen LogP contribution < -0.4 is 0 Å². The van der Waals surface area contributed by atoms with Crippen LogP contribution in [0.4, 0.5) is 4.39 Å². The molecule has 0 unspecified atom stereocenters. The molecule has 1 saturated heterocycles. The molecule has 2 amide bonds. The van der Waals surface area contributed by atoms with E-state index in [0.29, 0.717) is 44.6 Å². The summed E-state index contributed by atoms with van der Waals surface area (Å²) in [6.07, 6.45) is 0.751. The van der Waals surface area contributed by atoms with Crippen LogP contribution in [-0.2, 0) is 20.8 Å². The van der Waals surface area contributed by atoms with Gasteiger partial charge >= 0.3 is 5.97 Å². The van der Waals surface area contributed by atoms with E-state index in [1.165, 1.54) is 11.0 Å². The van der Waals surface area contributed by atoms with Gasteiger partial charge in [-0.15, -0.1) is 0 Å². The standard InChI is InChI=1S/C17H19FN2O4/c18-13-4-2-1-3-12(13)11-14(21)19-7-9-20(10-8-19)15(22)17(5-6-17)16(23)24/h1-4H,5-11H2,(H,23,24). The van der Waals surface area contributed by atoms with Crippen LogP contribution in [0.5, 0.6) is 0 Å². The average molecular weight is 334 g/mol. The van der Waals surface area contributed by atoms with E-state index in [1.54, 1.807) is 23.1 Å². The van der Waals surface area contributed by atoms with Crippen molar-refractivity contribution < 1.29 is 23.9 Å². The van der Waals surface area contributed by atoms with E-state index in [4.69, 9.17) is 0 Å². The predicted octanol–water partition coefficient (Wildman–Crippen LogP) is 0.904. The van der Waals surface area contributed by atoms with Gasteiger partial charge in [0.25, 0.3) is 0 Å². The van der Waals surface area contributed by atoms with Gasteiger partial charge in [-0.05, 0) is 24.5 Å². The van der Waals surface area contributed by atoms with Gasteiger partial charge in [0.2, 0.25) is 11.8 Å². The Hall–Kier alpha value is -2.44. The first kappa shape index (κ1) is 16.4. The monoisotopic (exact) mass is 334 g/mol. The number of hydrogen-bond donors (Lipinski definition) is 1. The fourth-order valence-electron chi connectivity index (χ4n) is 3.02. The molecular weight excluding hydrogens is 315 g/mol. The molecule has 1 aliphatic heterocycles. The second kappa shape index (κ2) is 6.22. The maximum atomic E-state index is 13.6. The highest BCUT2D eigenvalue weighted by molar-refractivity contribution is 6.04. The molecule has 1 aliphatic carbocycles. The van der Waals surface area contributed by atoms with E-state index in [-0.39, 0.29) is 18.2 Å². The zero-order chi connectivity index (χ0) is 17.3. The van der Waals surface area contributed by atoms with Crippen molar-refractivity contribution >= 4 is 17.8 Å². The second-order valence-electron chi connectivity index (χ2n) is 6.33. The van der Waals surface area contributed by atoms with Gasteiger partial charge in [-0.3, -0.25) is 14.4 Å². The van der Waals surface area contributed by atoms with Crippen LogP contribution in [-0.4, -0.2) is 58.9 Å². The summed E-state index contributed by atoms with van der Waals surface area (Å²) in [5.41, 5.74) is -0.886. The third-order valence-electron chi connectivity index (χ3n) is 4.79. The summed E-state index contributed by atoms with van der Waals surface area (Å²) in [5, 5.41) is 9.19. The molecule has 24 heavy (non-hydrogen) atoms. The molecule has 0 spiro atoms. The minimum absolute atomic E-state index is 0.0142. The number of halogens is 1. The number of carbonyl (C=O) groups excluding carboxylic acids is 2. The summed E-state index contributed by atoms with van der Waals surface area (Å²) in [6, 6.07) is 6.16. The molecular formula is C17H19FN2O4. The topological polar surface area (TPSA) is 77.9 Å². The lowest BCUT2D eigenvalue weighted by Gasteiger charge is -2.36. The van der Waals surface area contributed by atoms with Crippen molar-refractivity contribution in [3.05, 3.63) is 35.6 Å². The Kier molecular flexibility index (Phi) is 4.26. The minimum atomic E-state index is -1.24. The molecule has 2 aliphatic rings. The number of carbonyl (C=O) groups is 3. The highest BCUT2D eigenvalue weighted by atomic mass is 19.1. The summed E-state index contributed by atoms with van der Waals surface area (Å²) >= 11 is 0. The summed E-state index contributed by atoms with van der Waals surface area (Å²) < 4.78 is 13.6. The first-order valence-corrected chi connectivity index (χ1v) is 7.98. The van der Waals surface area contributed by atoms with E-state index < -0.39 is 17.2 Å². The van der Waals surface area contributed by atoms with Crippen LogP contribution >= 0.6 is 0 Å². The van der Waals surface area contributed by atoms with Gasteiger partial charge in [-0.1, -0.05) is 18.2 Å². The number of carboxylic acid groups (broad SMARTS) is 1. The zero-order valence-electron chi connectivity index (χ0n) is 13.2. The number of benzene rings is 1. The van der Waals surface area contributed by atoms with Crippen LogP contribution in [0.1, 0.15) is 18.4 Å². The number of aliphatic carboxylic acids is 1. The Morgan fingerprint density at radius 3 is 2.17 bits per heavy atom. The third-order valence-corrected chi connectivity index (χ3v) is 4.79. The van der Waals surface area contributed by atoms with Crippen molar-refractivity contribution in [2.75, 3.05) is 26.2 Å². The van der Waals surface area contributed by atoms with Crippen LogP contribution in [0.15, 0.2) is 24.3 Å². The first-order valence-electron chi connectivity index (χ1n) is 7.98. The normalized spacial score (nSPS) is 19.0. The highest BCUT2D eigenvalue weighted by Crippen LogP contribution is 2.47. The molecule has 3 rings (SSSR count). The van der Waals surface area contributed by atoms with Crippen LogP contribution in [0.25, 0.3) is 0 Å². The lowest BCUT2D eigenvalue weighted by molar-refractivity contribution is -0.155. The van der Waals surface area contributed by atoms with Crippen LogP contribution in [0.3, 0.4) is 0 Å². The molecule has 128 valence electrons. The molecule has 0 radical (unpaired) electrons. The zero-order valence-corrected chi connectivity index (χ0v) is 13.2. The fraction of sp³-hybridized carbons (Fsp3) is 0.471. The molecule has 1 aromatic rings. The van der Waals surface area contributed by atoms with Gasteiger partial charge in [0.05, 0.1) is 6.42 Å². The van der Waals surface area contributed by atoms with Crippen LogP contribution in [0, 0.1) is 11.2 Å². The van der Waals surface area contributed by atoms with E-state index in [1.807, 2.05) is 0 Å². The molecule has 2 fully saturated rings. The second-order valence-corrected chi connectivity index (χ2v) is 6.33. The predicted molar refractivity (Wildman–Crippen MR) is 82.6 cm³/mol. The average Bonchev–Trinajstić information content (AvgIpc) is 3.38. The smallest absolute Gasteiger partial charge is 0.319 e. The van der Waals surface area contributed by atoms with Gasteiger partial charge in [0, 0.05) is 26.2 Å². The molecule has 0 aromatic heterocycles. The molecule has 1 heterocycles. The number of carboxylic acids is 1. The molecule has 1 saturated carbocycles. The Balaban J connectivity index is 1.55. The summed E-state index contributed by atoms with van der Waals surface area (Å²) in [5.74, 6) is -2.01. The summed E-state index contributed by atoms with van der Waals surface area (Å²) in [7, 11) is 0. The minimum Gasteiger partial charge on any atom is -0.480 e. The lowest BCUT2D eigenvalue weighted by Crippen LogP contribution is -2.53. The Bertz CT molecular complexity index is 679. The maximum Gasteiger partial charge on any atom is 0.319 e. The van der Waals surface area contributed by atoms with E-state index in [0.717, 1.165) is 0 Å². The van der Waals surface area contributed by atoms with Gasteiger partial charge in [0.1, 0.15) is 11.2 Å². The van der Waals surface area contributed by atoms with Gasteiger partial charge < -0.3 is 14.9 Å². The van der Waals surface area contributed by atoms with Crippen LogP contribution in [0.2, 0.25) is 0 Å². The van der Waals surface area contributed by atoms with Crippen molar-refractivity contribution in [1.82, 2.24) is 9.80 Å². The quantitative estimate of drug-likeness (QED) is 0.830. The third kappa shape index (κ3) is 2.98. The van der Waals surface area contributed by atoms with Gasteiger partial charge in [-0.2, -0.15) is 0 Å². The Labute approximate surface area is 138 Å². The molecule has 1 aromatic carbocycles.